The summed E-state index contributed by atoms with van der Waals surface area (Å²) in [5.74, 6) is 1.28. The number of anilines is 1. The zero-order valence-corrected chi connectivity index (χ0v) is 11.3. The maximum atomic E-state index is 5.95. The van der Waals surface area contributed by atoms with Gasteiger partial charge in [0.2, 0.25) is 0 Å². The van der Waals surface area contributed by atoms with Crippen LogP contribution in [0.1, 0.15) is 12.8 Å². The molecule has 17 heavy (non-hydrogen) atoms. The Balaban J connectivity index is 2.18. The maximum Gasteiger partial charge on any atom is 0.184 e. The van der Waals surface area contributed by atoms with Gasteiger partial charge in [0.15, 0.2) is 11.5 Å². The van der Waals surface area contributed by atoms with Crippen LogP contribution in [0.5, 0.6) is 11.5 Å². The predicted molar refractivity (Wildman–Crippen MR) is 69.6 cm³/mol. The van der Waals surface area contributed by atoms with E-state index in [2.05, 4.69) is 15.9 Å². The first-order valence-electron chi connectivity index (χ1n) is 5.58. The normalized spacial score (nSPS) is 16.8. The van der Waals surface area contributed by atoms with Crippen molar-refractivity contribution in [1.82, 2.24) is 0 Å². The van der Waals surface area contributed by atoms with Crippen LogP contribution in [-0.4, -0.2) is 26.4 Å². The van der Waals surface area contributed by atoms with Gasteiger partial charge in [-0.1, -0.05) is 15.9 Å². The standard InChI is InChI=1S/C12H16BrNO3/c1-15-11-7-8(13)6-10(14)12(11)17-9-2-4-16-5-3-9/h6-7,9H,2-5,14H2,1H3. The van der Waals surface area contributed by atoms with Gasteiger partial charge in [-0.15, -0.1) is 0 Å². The van der Waals surface area contributed by atoms with Gasteiger partial charge in [0.05, 0.1) is 26.0 Å². The molecule has 0 spiro atoms. The van der Waals surface area contributed by atoms with Crippen molar-refractivity contribution in [2.75, 3.05) is 26.1 Å². The van der Waals surface area contributed by atoms with Gasteiger partial charge in [-0.3, -0.25) is 0 Å². The zero-order chi connectivity index (χ0) is 12.3. The van der Waals surface area contributed by atoms with Crippen molar-refractivity contribution in [2.24, 2.45) is 0 Å². The summed E-state index contributed by atoms with van der Waals surface area (Å²) < 4.78 is 17.4. The molecule has 0 amide bonds. The molecule has 94 valence electrons. The molecule has 0 bridgehead atoms. The molecular formula is C12H16BrNO3. The Hall–Kier alpha value is -0.940. The number of ether oxygens (including phenoxy) is 3. The molecule has 1 aromatic rings. The van der Waals surface area contributed by atoms with Gasteiger partial charge in [-0.25, -0.2) is 0 Å². The first-order chi connectivity index (χ1) is 8.20. The molecule has 0 unspecified atom stereocenters. The average molecular weight is 302 g/mol. The molecule has 1 aliphatic rings. The molecule has 0 radical (unpaired) electrons. The summed E-state index contributed by atoms with van der Waals surface area (Å²) in [6.07, 6.45) is 1.93. The lowest BCUT2D eigenvalue weighted by atomic mass is 10.1. The van der Waals surface area contributed by atoms with Crippen molar-refractivity contribution in [2.45, 2.75) is 18.9 Å². The number of halogens is 1. The van der Waals surface area contributed by atoms with E-state index in [-0.39, 0.29) is 6.10 Å². The lowest BCUT2D eigenvalue weighted by Gasteiger charge is -2.25. The number of nitrogens with two attached hydrogens (primary N) is 1. The van der Waals surface area contributed by atoms with Gasteiger partial charge >= 0.3 is 0 Å². The molecular weight excluding hydrogens is 286 g/mol. The van der Waals surface area contributed by atoms with Gasteiger partial charge in [0.1, 0.15) is 6.10 Å². The zero-order valence-electron chi connectivity index (χ0n) is 9.74. The van der Waals surface area contributed by atoms with E-state index in [0.717, 1.165) is 30.5 Å². The number of benzene rings is 1. The molecule has 1 heterocycles. The Morgan fingerprint density at radius 3 is 2.71 bits per heavy atom. The van der Waals surface area contributed by atoms with Crippen molar-refractivity contribution in [3.8, 4) is 11.5 Å². The Bertz CT molecular complexity index is 392. The van der Waals surface area contributed by atoms with E-state index in [1.165, 1.54) is 0 Å². The number of hydrogen-bond acceptors (Lipinski definition) is 4. The Morgan fingerprint density at radius 2 is 2.06 bits per heavy atom. The third-order valence-electron chi connectivity index (χ3n) is 2.72. The van der Waals surface area contributed by atoms with Gasteiger partial charge in [0, 0.05) is 17.3 Å². The maximum absolute atomic E-state index is 5.95. The minimum Gasteiger partial charge on any atom is -0.493 e. The fourth-order valence-electron chi connectivity index (χ4n) is 1.83. The van der Waals surface area contributed by atoms with Crippen LogP contribution in [0.15, 0.2) is 16.6 Å². The van der Waals surface area contributed by atoms with Crippen LogP contribution in [0.2, 0.25) is 0 Å². The molecule has 5 heteroatoms. The Labute approximate surface area is 109 Å². The fraction of sp³-hybridized carbons (Fsp3) is 0.500. The summed E-state index contributed by atoms with van der Waals surface area (Å²) in [6.45, 7) is 1.48. The molecule has 1 saturated heterocycles. The molecule has 0 saturated carbocycles. The molecule has 0 aliphatic carbocycles. The highest BCUT2D eigenvalue weighted by atomic mass is 79.9. The molecule has 1 aromatic carbocycles. The highest BCUT2D eigenvalue weighted by molar-refractivity contribution is 9.10. The van der Waals surface area contributed by atoms with E-state index >= 15 is 0 Å². The summed E-state index contributed by atoms with van der Waals surface area (Å²) in [5, 5.41) is 0. The fourth-order valence-corrected chi connectivity index (χ4v) is 2.28. The lowest BCUT2D eigenvalue weighted by molar-refractivity contribution is 0.0248. The number of hydrogen-bond donors (Lipinski definition) is 1. The predicted octanol–water partition coefficient (Wildman–Crippen LogP) is 2.60. The Kier molecular flexibility index (Phi) is 4.12. The Morgan fingerprint density at radius 1 is 1.35 bits per heavy atom. The van der Waals surface area contributed by atoms with Crippen LogP contribution in [0.3, 0.4) is 0 Å². The molecule has 1 fully saturated rings. The highest BCUT2D eigenvalue weighted by Crippen LogP contribution is 2.38. The topological polar surface area (TPSA) is 53.7 Å². The van der Waals surface area contributed by atoms with Crippen LogP contribution < -0.4 is 15.2 Å². The van der Waals surface area contributed by atoms with Gasteiger partial charge < -0.3 is 19.9 Å². The van der Waals surface area contributed by atoms with E-state index in [4.69, 9.17) is 19.9 Å². The minimum atomic E-state index is 0.154. The largest absolute Gasteiger partial charge is 0.493 e. The van der Waals surface area contributed by atoms with Crippen LogP contribution >= 0.6 is 15.9 Å². The third kappa shape index (κ3) is 3.04. The van der Waals surface area contributed by atoms with Crippen molar-refractivity contribution >= 4 is 21.6 Å². The van der Waals surface area contributed by atoms with Crippen LogP contribution in [0.25, 0.3) is 0 Å². The second-order valence-electron chi connectivity index (χ2n) is 3.96. The van der Waals surface area contributed by atoms with Gasteiger partial charge in [0.25, 0.3) is 0 Å². The van der Waals surface area contributed by atoms with Crippen molar-refractivity contribution in [3.63, 3.8) is 0 Å². The SMILES string of the molecule is COc1cc(Br)cc(N)c1OC1CCOCC1. The quantitative estimate of drug-likeness (QED) is 0.872. The van der Waals surface area contributed by atoms with Gasteiger partial charge in [-0.2, -0.15) is 0 Å². The summed E-state index contributed by atoms with van der Waals surface area (Å²) in [7, 11) is 1.61. The van der Waals surface area contributed by atoms with Crippen molar-refractivity contribution in [1.29, 1.82) is 0 Å². The molecule has 1 aliphatic heterocycles. The lowest BCUT2D eigenvalue weighted by Crippen LogP contribution is -2.26. The van der Waals surface area contributed by atoms with Crippen LogP contribution in [-0.2, 0) is 4.74 Å². The first kappa shape index (κ1) is 12.5. The molecule has 0 aromatic heterocycles. The summed E-state index contributed by atoms with van der Waals surface area (Å²) >= 11 is 3.38. The summed E-state index contributed by atoms with van der Waals surface area (Å²) in [6, 6.07) is 3.67. The minimum absolute atomic E-state index is 0.154. The third-order valence-corrected chi connectivity index (χ3v) is 3.18. The average Bonchev–Trinajstić information content (AvgIpc) is 2.33. The smallest absolute Gasteiger partial charge is 0.184 e. The highest BCUT2D eigenvalue weighted by Gasteiger charge is 2.19. The number of methoxy groups -OCH3 is 1. The van der Waals surface area contributed by atoms with E-state index in [0.29, 0.717) is 17.2 Å². The van der Waals surface area contributed by atoms with E-state index < -0.39 is 0 Å². The van der Waals surface area contributed by atoms with Crippen molar-refractivity contribution in [3.05, 3.63) is 16.6 Å². The van der Waals surface area contributed by atoms with Gasteiger partial charge in [-0.05, 0) is 12.1 Å². The molecule has 4 nitrogen and oxygen atoms in total. The monoisotopic (exact) mass is 301 g/mol. The number of nitrogen functional groups attached to an aromatic ring is 1. The summed E-state index contributed by atoms with van der Waals surface area (Å²) in [4.78, 5) is 0. The molecule has 2 rings (SSSR count). The summed E-state index contributed by atoms with van der Waals surface area (Å²) in [5.41, 5.74) is 6.53. The molecule has 2 N–H and O–H groups in total. The van der Waals surface area contributed by atoms with E-state index in [9.17, 15) is 0 Å². The van der Waals surface area contributed by atoms with E-state index in [1.807, 2.05) is 12.1 Å². The first-order valence-corrected chi connectivity index (χ1v) is 6.37. The second-order valence-corrected chi connectivity index (χ2v) is 4.87. The van der Waals surface area contributed by atoms with Crippen LogP contribution in [0.4, 0.5) is 5.69 Å². The van der Waals surface area contributed by atoms with Crippen molar-refractivity contribution < 1.29 is 14.2 Å². The van der Waals surface area contributed by atoms with E-state index in [1.54, 1.807) is 7.11 Å². The second kappa shape index (κ2) is 5.60. The molecule has 0 atom stereocenters. The van der Waals surface area contributed by atoms with Crippen LogP contribution in [0, 0.1) is 0 Å². The number of rotatable bonds is 3.